The van der Waals surface area contributed by atoms with Gasteiger partial charge in [0.25, 0.3) is 0 Å². The SMILES string of the molecule is Cc1c(Cl)nc(C(C)(C)C)nc1N1CCCC1. The van der Waals surface area contributed by atoms with Gasteiger partial charge in [-0.1, -0.05) is 32.4 Å². The largest absolute Gasteiger partial charge is 0.356 e. The van der Waals surface area contributed by atoms with Crippen molar-refractivity contribution >= 4 is 17.4 Å². The van der Waals surface area contributed by atoms with Crippen LogP contribution in [0.4, 0.5) is 5.82 Å². The highest BCUT2D eigenvalue weighted by Crippen LogP contribution is 2.29. The Kier molecular flexibility index (Phi) is 3.30. The molecule has 2 heterocycles. The number of aromatic nitrogens is 2. The highest BCUT2D eigenvalue weighted by molar-refractivity contribution is 6.30. The van der Waals surface area contributed by atoms with Gasteiger partial charge in [0.15, 0.2) is 0 Å². The normalized spacial score (nSPS) is 16.6. The van der Waals surface area contributed by atoms with Crippen molar-refractivity contribution in [2.75, 3.05) is 18.0 Å². The van der Waals surface area contributed by atoms with Crippen molar-refractivity contribution in [1.82, 2.24) is 9.97 Å². The number of hydrogen-bond acceptors (Lipinski definition) is 3. The summed E-state index contributed by atoms with van der Waals surface area (Å²) in [4.78, 5) is 11.4. The minimum absolute atomic E-state index is 0.0637. The molecule has 2 rings (SSSR count). The van der Waals surface area contributed by atoms with Gasteiger partial charge in [-0.2, -0.15) is 0 Å². The summed E-state index contributed by atoms with van der Waals surface area (Å²) in [5.74, 6) is 1.85. The first-order valence-corrected chi connectivity index (χ1v) is 6.57. The molecule has 1 aliphatic rings. The lowest BCUT2D eigenvalue weighted by Gasteiger charge is -2.23. The molecule has 0 saturated carbocycles. The lowest BCUT2D eigenvalue weighted by molar-refractivity contribution is 0.544. The zero-order valence-corrected chi connectivity index (χ0v) is 11.8. The van der Waals surface area contributed by atoms with Gasteiger partial charge in [-0.05, 0) is 19.8 Å². The smallest absolute Gasteiger partial charge is 0.137 e. The van der Waals surface area contributed by atoms with Gasteiger partial charge in [-0.25, -0.2) is 9.97 Å². The van der Waals surface area contributed by atoms with Gasteiger partial charge in [0.1, 0.15) is 16.8 Å². The minimum atomic E-state index is -0.0637. The summed E-state index contributed by atoms with van der Waals surface area (Å²) in [5.41, 5.74) is 0.938. The molecule has 0 atom stereocenters. The molecular formula is C13H20ClN3. The summed E-state index contributed by atoms with van der Waals surface area (Å²) in [6, 6.07) is 0. The summed E-state index contributed by atoms with van der Waals surface area (Å²) in [7, 11) is 0. The number of anilines is 1. The summed E-state index contributed by atoms with van der Waals surface area (Å²) in [5, 5.41) is 0.590. The lowest BCUT2D eigenvalue weighted by atomic mass is 9.95. The van der Waals surface area contributed by atoms with Gasteiger partial charge >= 0.3 is 0 Å². The summed E-state index contributed by atoms with van der Waals surface area (Å²) in [6.45, 7) is 10.5. The Labute approximate surface area is 108 Å². The maximum Gasteiger partial charge on any atom is 0.137 e. The molecule has 0 radical (unpaired) electrons. The van der Waals surface area contributed by atoms with E-state index in [1.165, 1.54) is 12.8 Å². The zero-order valence-electron chi connectivity index (χ0n) is 11.0. The minimum Gasteiger partial charge on any atom is -0.356 e. The van der Waals surface area contributed by atoms with Crippen LogP contribution in [0.2, 0.25) is 5.15 Å². The lowest BCUT2D eigenvalue weighted by Crippen LogP contribution is -2.24. The first kappa shape index (κ1) is 12.6. The Morgan fingerprint density at radius 2 is 1.71 bits per heavy atom. The van der Waals surface area contributed by atoms with Crippen LogP contribution >= 0.6 is 11.6 Å². The predicted molar refractivity (Wildman–Crippen MR) is 71.9 cm³/mol. The van der Waals surface area contributed by atoms with Gasteiger partial charge in [-0.15, -0.1) is 0 Å². The molecule has 0 bridgehead atoms. The molecule has 1 saturated heterocycles. The Balaban J connectivity index is 2.46. The third-order valence-electron chi connectivity index (χ3n) is 3.14. The average molecular weight is 254 g/mol. The molecule has 0 aromatic carbocycles. The highest BCUT2D eigenvalue weighted by atomic mass is 35.5. The molecule has 17 heavy (non-hydrogen) atoms. The van der Waals surface area contributed by atoms with E-state index in [2.05, 4.69) is 30.7 Å². The van der Waals surface area contributed by atoms with Gasteiger partial charge < -0.3 is 4.90 Å². The van der Waals surface area contributed by atoms with Crippen LogP contribution in [0.3, 0.4) is 0 Å². The second-order valence-electron chi connectivity index (χ2n) is 5.73. The van der Waals surface area contributed by atoms with E-state index >= 15 is 0 Å². The van der Waals surface area contributed by atoms with Crippen molar-refractivity contribution in [1.29, 1.82) is 0 Å². The summed E-state index contributed by atoms with van der Waals surface area (Å²) >= 11 is 6.23. The van der Waals surface area contributed by atoms with E-state index in [-0.39, 0.29) is 5.41 Å². The van der Waals surface area contributed by atoms with E-state index in [4.69, 9.17) is 16.6 Å². The molecule has 1 aliphatic heterocycles. The Hall–Kier alpha value is -0.830. The third kappa shape index (κ3) is 2.54. The van der Waals surface area contributed by atoms with E-state index in [1.807, 2.05) is 6.92 Å². The molecular weight excluding hydrogens is 234 g/mol. The molecule has 0 amide bonds. The van der Waals surface area contributed by atoms with Crippen LogP contribution in [0, 0.1) is 6.92 Å². The van der Waals surface area contributed by atoms with Crippen LogP contribution in [0.25, 0.3) is 0 Å². The van der Waals surface area contributed by atoms with Crippen LogP contribution in [0.15, 0.2) is 0 Å². The second kappa shape index (κ2) is 4.45. The maximum absolute atomic E-state index is 6.23. The Morgan fingerprint density at radius 3 is 2.24 bits per heavy atom. The van der Waals surface area contributed by atoms with E-state index in [9.17, 15) is 0 Å². The molecule has 0 unspecified atom stereocenters. The Morgan fingerprint density at radius 1 is 1.12 bits per heavy atom. The molecule has 0 N–H and O–H groups in total. The van der Waals surface area contributed by atoms with E-state index in [0.717, 1.165) is 30.3 Å². The van der Waals surface area contributed by atoms with Crippen molar-refractivity contribution in [2.24, 2.45) is 0 Å². The molecule has 0 spiro atoms. The number of halogens is 1. The fraction of sp³-hybridized carbons (Fsp3) is 0.692. The van der Waals surface area contributed by atoms with Crippen LogP contribution in [-0.4, -0.2) is 23.1 Å². The van der Waals surface area contributed by atoms with Crippen LogP contribution in [-0.2, 0) is 5.41 Å². The van der Waals surface area contributed by atoms with Crippen LogP contribution in [0.5, 0.6) is 0 Å². The van der Waals surface area contributed by atoms with Crippen LogP contribution in [0.1, 0.15) is 45.0 Å². The first-order chi connectivity index (χ1) is 7.89. The second-order valence-corrected chi connectivity index (χ2v) is 6.09. The monoisotopic (exact) mass is 253 g/mol. The zero-order chi connectivity index (χ0) is 12.6. The van der Waals surface area contributed by atoms with Crippen LogP contribution < -0.4 is 4.90 Å². The molecule has 1 fully saturated rings. The van der Waals surface area contributed by atoms with Crippen molar-refractivity contribution in [3.8, 4) is 0 Å². The number of nitrogens with zero attached hydrogens (tertiary/aromatic N) is 3. The van der Waals surface area contributed by atoms with Gasteiger partial charge in [0, 0.05) is 24.1 Å². The fourth-order valence-electron chi connectivity index (χ4n) is 2.05. The van der Waals surface area contributed by atoms with Gasteiger partial charge in [-0.3, -0.25) is 0 Å². The summed E-state index contributed by atoms with van der Waals surface area (Å²) < 4.78 is 0. The molecule has 3 nitrogen and oxygen atoms in total. The molecule has 1 aromatic rings. The van der Waals surface area contributed by atoms with Crippen molar-refractivity contribution in [2.45, 2.75) is 46.0 Å². The maximum atomic E-state index is 6.23. The van der Waals surface area contributed by atoms with Crippen molar-refractivity contribution in [3.05, 3.63) is 16.5 Å². The molecule has 4 heteroatoms. The first-order valence-electron chi connectivity index (χ1n) is 6.19. The highest BCUT2D eigenvalue weighted by Gasteiger charge is 2.24. The standard InChI is InChI=1S/C13H20ClN3/c1-9-10(14)15-12(13(2,3)4)16-11(9)17-7-5-6-8-17/h5-8H2,1-4H3. The molecule has 94 valence electrons. The van der Waals surface area contributed by atoms with Crippen molar-refractivity contribution in [3.63, 3.8) is 0 Å². The van der Waals surface area contributed by atoms with E-state index < -0.39 is 0 Å². The quantitative estimate of drug-likeness (QED) is 0.719. The fourth-order valence-corrected chi connectivity index (χ4v) is 2.22. The predicted octanol–water partition coefficient (Wildman–Crippen LogP) is 3.34. The average Bonchev–Trinajstić information content (AvgIpc) is 2.73. The summed E-state index contributed by atoms with van der Waals surface area (Å²) in [6.07, 6.45) is 2.48. The van der Waals surface area contributed by atoms with E-state index in [0.29, 0.717) is 5.15 Å². The van der Waals surface area contributed by atoms with Gasteiger partial charge in [0.05, 0.1) is 0 Å². The number of rotatable bonds is 1. The van der Waals surface area contributed by atoms with E-state index in [1.54, 1.807) is 0 Å². The van der Waals surface area contributed by atoms with Crippen molar-refractivity contribution < 1.29 is 0 Å². The topological polar surface area (TPSA) is 29.0 Å². The third-order valence-corrected chi connectivity index (χ3v) is 3.51. The Bertz CT molecular complexity index is 417. The molecule has 1 aromatic heterocycles. The van der Waals surface area contributed by atoms with Gasteiger partial charge in [0.2, 0.25) is 0 Å². The molecule has 0 aliphatic carbocycles. The number of hydrogen-bond donors (Lipinski definition) is 0.